The molecular weight excluding hydrogens is 238 g/mol. The van der Waals surface area contributed by atoms with Crippen molar-refractivity contribution in [3.05, 3.63) is 17.8 Å². The fourth-order valence-electron chi connectivity index (χ4n) is 2.48. The van der Waals surface area contributed by atoms with Crippen molar-refractivity contribution in [3.8, 4) is 0 Å². The van der Waals surface area contributed by atoms with Crippen LogP contribution in [-0.4, -0.2) is 54.9 Å². The van der Waals surface area contributed by atoms with Crippen molar-refractivity contribution in [2.45, 2.75) is 32.4 Å². The maximum Gasteiger partial charge on any atom is 0.151 e. The molecule has 0 aliphatic carbocycles. The molecule has 2 rings (SSSR count). The average Bonchev–Trinajstić information content (AvgIpc) is 2.46. The summed E-state index contributed by atoms with van der Waals surface area (Å²) >= 11 is 0. The second-order valence-electron chi connectivity index (χ2n) is 5.35. The molecule has 0 bridgehead atoms. The van der Waals surface area contributed by atoms with Gasteiger partial charge in [0, 0.05) is 25.7 Å². The van der Waals surface area contributed by atoms with Gasteiger partial charge in [0.15, 0.2) is 5.82 Å². The van der Waals surface area contributed by atoms with E-state index in [0.717, 1.165) is 37.7 Å². The summed E-state index contributed by atoms with van der Waals surface area (Å²) in [5.41, 5.74) is 1.01. The summed E-state index contributed by atoms with van der Waals surface area (Å²) in [5.74, 6) is 1.01. The third-order valence-corrected chi connectivity index (χ3v) is 3.78. The molecule has 1 fully saturated rings. The van der Waals surface area contributed by atoms with E-state index in [-0.39, 0.29) is 0 Å². The van der Waals surface area contributed by atoms with Gasteiger partial charge in [-0.3, -0.25) is 0 Å². The molecule has 0 amide bonds. The Labute approximate surface area is 116 Å². The van der Waals surface area contributed by atoms with Gasteiger partial charge in [0.1, 0.15) is 0 Å². The highest BCUT2D eigenvalue weighted by Crippen LogP contribution is 2.19. The highest BCUT2D eigenvalue weighted by atomic mass is 15.3. The summed E-state index contributed by atoms with van der Waals surface area (Å²) < 4.78 is 0. The van der Waals surface area contributed by atoms with E-state index in [1.165, 1.54) is 12.8 Å². The summed E-state index contributed by atoms with van der Waals surface area (Å²) in [4.78, 5) is 4.66. The first-order valence-corrected chi connectivity index (χ1v) is 7.15. The summed E-state index contributed by atoms with van der Waals surface area (Å²) in [6.07, 6.45) is 2.40. The highest BCUT2D eigenvalue weighted by molar-refractivity contribution is 5.37. The molecule has 1 aliphatic rings. The molecule has 1 aromatic rings. The molecule has 0 atom stereocenters. The van der Waals surface area contributed by atoms with Crippen LogP contribution in [0.5, 0.6) is 0 Å². The van der Waals surface area contributed by atoms with E-state index >= 15 is 0 Å². The summed E-state index contributed by atoms with van der Waals surface area (Å²) in [6.45, 7) is 6.00. The number of hydrogen-bond acceptors (Lipinski definition) is 5. The van der Waals surface area contributed by atoms with Gasteiger partial charge in [0.2, 0.25) is 0 Å². The van der Waals surface area contributed by atoms with Crippen molar-refractivity contribution >= 4 is 5.82 Å². The van der Waals surface area contributed by atoms with Crippen LogP contribution in [0.15, 0.2) is 12.1 Å². The third-order valence-electron chi connectivity index (χ3n) is 3.78. The third kappa shape index (κ3) is 3.88. The first-order chi connectivity index (χ1) is 9.20. The molecule has 0 unspecified atom stereocenters. The molecule has 0 spiro atoms. The molecule has 0 radical (unpaired) electrons. The quantitative estimate of drug-likeness (QED) is 0.862. The van der Waals surface area contributed by atoms with E-state index in [4.69, 9.17) is 0 Å². The lowest BCUT2D eigenvalue weighted by Gasteiger charge is -2.35. The Bertz CT molecular complexity index is 368. The number of rotatable bonds is 5. The average molecular weight is 263 g/mol. The Morgan fingerprint density at radius 1 is 1.26 bits per heavy atom. The van der Waals surface area contributed by atoms with Gasteiger partial charge in [0.05, 0.1) is 5.69 Å². The summed E-state index contributed by atoms with van der Waals surface area (Å²) in [6, 6.07) is 4.87. The molecule has 5 heteroatoms. The standard InChI is InChI=1S/C14H25N5/c1-4-15-11-12-5-6-14(17-16-12)19-9-7-13(8-10-19)18(2)3/h5-6,13,15H,4,7-11H2,1-3H3. The fraction of sp³-hybridized carbons (Fsp3) is 0.714. The van der Waals surface area contributed by atoms with Gasteiger partial charge in [-0.05, 0) is 45.6 Å². The minimum absolute atomic E-state index is 0.706. The van der Waals surface area contributed by atoms with Gasteiger partial charge in [-0.25, -0.2) is 0 Å². The lowest BCUT2D eigenvalue weighted by atomic mass is 10.0. The van der Waals surface area contributed by atoms with Crippen molar-refractivity contribution in [1.82, 2.24) is 20.4 Å². The first-order valence-electron chi connectivity index (χ1n) is 7.15. The predicted molar refractivity (Wildman–Crippen MR) is 78.3 cm³/mol. The SMILES string of the molecule is CCNCc1ccc(N2CCC(N(C)C)CC2)nn1. The van der Waals surface area contributed by atoms with E-state index in [0.29, 0.717) is 6.04 Å². The van der Waals surface area contributed by atoms with Crippen molar-refractivity contribution in [3.63, 3.8) is 0 Å². The fourth-order valence-corrected chi connectivity index (χ4v) is 2.48. The summed E-state index contributed by atoms with van der Waals surface area (Å²) in [5, 5.41) is 11.9. The molecule has 2 heterocycles. The van der Waals surface area contributed by atoms with Gasteiger partial charge >= 0.3 is 0 Å². The largest absolute Gasteiger partial charge is 0.355 e. The van der Waals surface area contributed by atoms with Crippen LogP contribution in [0.4, 0.5) is 5.82 Å². The molecule has 19 heavy (non-hydrogen) atoms. The second kappa shape index (κ2) is 6.82. The van der Waals surface area contributed by atoms with E-state index in [9.17, 15) is 0 Å². The number of hydrogen-bond donors (Lipinski definition) is 1. The Kier molecular flexibility index (Phi) is 5.10. The van der Waals surface area contributed by atoms with Gasteiger partial charge in [-0.2, -0.15) is 5.10 Å². The van der Waals surface area contributed by atoms with Crippen molar-refractivity contribution < 1.29 is 0 Å². The normalized spacial score (nSPS) is 17.2. The molecular formula is C14H25N5. The number of aromatic nitrogens is 2. The molecule has 5 nitrogen and oxygen atoms in total. The zero-order chi connectivity index (χ0) is 13.7. The Balaban J connectivity index is 1.89. The van der Waals surface area contributed by atoms with Crippen LogP contribution in [0.1, 0.15) is 25.5 Å². The molecule has 1 N–H and O–H groups in total. The van der Waals surface area contributed by atoms with Crippen LogP contribution in [0.25, 0.3) is 0 Å². The van der Waals surface area contributed by atoms with E-state index < -0.39 is 0 Å². The van der Waals surface area contributed by atoms with Crippen LogP contribution in [-0.2, 0) is 6.54 Å². The van der Waals surface area contributed by atoms with Crippen LogP contribution in [0.2, 0.25) is 0 Å². The van der Waals surface area contributed by atoms with Crippen molar-refractivity contribution in [2.75, 3.05) is 38.6 Å². The van der Waals surface area contributed by atoms with Crippen LogP contribution >= 0.6 is 0 Å². The second-order valence-corrected chi connectivity index (χ2v) is 5.35. The smallest absolute Gasteiger partial charge is 0.151 e. The number of nitrogens with zero attached hydrogens (tertiary/aromatic N) is 4. The maximum atomic E-state index is 4.35. The highest BCUT2D eigenvalue weighted by Gasteiger charge is 2.21. The van der Waals surface area contributed by atoms with Gasteiger partial charge in [-0.15, -0.1) is 5.10 Å². The first kappa shape index (κ1) is 14.2. The number of piperidine rings is 1. The monoisotopic (exact) mass is 263 g/mol. The molecule has 1 saturated heterocycles. The van der Waals surface area contributed by atoms with Crippen molar-refractivity contribution in [2.24, 2.45) is 0 Å². The lowest BCUT2D eigenvalue weighted by Crippen LogP contribution is -2.42. The minimum atomic E-state index is 0.706. The number of anilines is 1. The van der Waals surface area contributed by atoms with Gasteiger partial charge in [-0.1, -0.05) is 6.92 Å². The molecule has 1 aromatic heterocycles. The Morgan fingerprint density at radius 2 is 2.00 bits per heavy atom. The Morgan fingerprint density at radius 3 is 2.53 bits per heavy atom. The molecule has 0 aromatic carbocycles. The van der Waals surface area contributed by atoms with E-state index in [2.05, 4.69) is 58.5 Å². The van der Waals surface area contributed by atoms with Gasteiger partial charge in [0.25, 0.3) is 0 Å². The zero-order valence-corrected chi connectivity index (χ0v) is 12.3. The van der Waals surface area contributed by atoms with Crippen molar-refractivity contribution in [1.29, 1.82) is 0 Å². The zero-order valence-electron chi connectivity index (χ0n) is 12.3. The number of nitrogens with one attached hydrogen (secondary N) is 1. The van der Waals surface area contributed by atoms with Crippen LogP contribution < -0.4 is 10.2 Å². The maximum absolute atomic E-state index is 4.35. The van der Waals surface area contributed by atoms with E-state index in [1.54, 1.807) is 0 Å². The van der Waals surface area contributed by atoms with Gasteiger partial charge < -0.3 is 15.1 Å². The van der Waals surface area contributed by atoms with Crippen LogP contribution in [0, 0.1) is 0 Å². The minimum Gasteiger partial charge on any atom is -0.355 e. The van der Waals surface area contributed by atoms with E-state index in [1.807, 2.05) is 0 Å². The van der Waals surface area contributed by atoms with Crippen LogP contribution in [0.3, 0.4) is 0 Å². The molecule has 0 saturated carbocycles. The summed E-state index contributed by atoms with van der Waals surface area (Å²) in [7, 11) is 4.32. The molecule has 1 aliphatic heterocycles. The topological polar surface area (TPSA) is 44.3 Å². The Hall–Kier alpha value is -1.20. The predicted octanol–water partition coefficient (Wildman–Crippen LogP) is 1.12. The lowest BCUT2D eigenvalue weighted by molar-refractivity contribution is 0.249. The molecule has 106 valence electrons.